The van der Waals surface area contributed by atoms with E-state index in [2.05, 4.69) is 83.1 Å². The molecule has 3 heterocycles. The van der Waals surface area contributed by atoms with Crippen LogP contribution in [-0.4, -0.2) is 27.7 Å². The predicted octanol–water partition coefficient (Wildman–Crippen LogP) is 4.11. The molecule has 0 radical (unpaired) electrons. The van der Waals surface area contributed by atoms with Gasteiger partial charge < -0.3 is 13.7 Å². The topological polar surface area (TPSA) is 52.8 Å². The summed E-state index contributed by atoms with van der Waals surface area (Å²) in [5, 5.41) is 1.98. The van der Waals surface area contributed by atoms with Crippen molar-refractivity contribution in [1.82, 2.24) is 9.38 Å². The van der Waals surface area contributed by atoms with E-state index in [-0.39, 0.29) is 27.6 Å². The molecule has 0 amide bonds. The molecule has 0 bridgehead atoms. The number of benzene rings is 1. The zero-order chi connectivity index (χ0) is 22.6. The largest absolute Gasteiger partial charge is 0.494 e. The maximum Gasteiger partial charge on any atom is 0.494 e. The molecule has 2 aromatic heterocycles. The summed E-state index contributed by atoms with van der Waals surface area (Å²) in [6, 6.07) is 8.26. The molecular formula is C25H31BN2O3. The van der Waals surface area contributed by atoms with Gasteiger partial charge in [-0.25, -0.2) is 0 Å². The number of pyridine rings is 1. The molecule has 5 rings (SSSR count). The summed E-state index contributed by atoms with van der Waals surface area (Å²) in [7, 11) is -0.416. The Morgan fingerprint density at radius 3 is 2.23 bits per heavy atom. The fourth-order valence-electron chi connectivity index (χ4n) is 5.62. The van der Waals surface area contributed by atoms with Gasteiger partial charge >= 0.3 is 7.12 Å². The fraction of sp³-hybridized carbons (Fsp3) is 0.520. The number of hydrogen-bond donors (Lipinski definition) is 0. The van der Waals surface area contributed by atoms with Gasteiger partial charge in [-0.05, 0) is 56.4 Å². The first-order valence-corrected chi connectivity index (χ1v) is 11.1. The molecule has 1 aliphatic heterocycles. The van der Waals surface area contributed by atoms with Gasteiger partial charge in [0.25, 0.3) is 5.56 Å². The first-order chi connectivity index (χ1) is 14.2. The lowest BCUT2D eigenvalue weighted by Crippen LogP contribution is -2.41. The predicted molar refractivity (Wildman–Crippen MR) is 125 cm³/mol. The van der Waals surface area contributed by atoms with Crippen molar-refractivity contribution in [2.75, 3.05) is 0 Å². The maximum atomic E-state index is 13.1. The first kappa shape index (κ1) is 20.7. The van der Waals surface area contributed by atoms with Gasteiger partial charge in [0, 0.05) is 28.3 Å². The molecule has 5 nitrogen and oxygen atoms in total. The van der Waals surface area contributed by atoms with Gasteiger partial charge in [0.2, 0.25) is 0 Å². The number of nitrogens with zero attached hydrogens (tertiary/aromatic N) is 2. The van der Waals surface area contributed by atoms with Crippen molar-refractivity contribution >= 4 is 29.0 Å². The zero-order valence-corrected chi connectivity index (χ0v) is 19.8. The van der Waals surface area contributed by atoms with E-state index in [1.165, 1.54) is 0 Å². The highest BCUT2D eigenvalue weighted by Crippen LogP contribution is 2.47. The van der Waals surface area contributed by atoms with E-state index in [1.807, 2.05) is 12.1 Å². The summed E-state index contributed by atoms with van der Waals surface area (Å²) in [4.78, 5) is 17.7. The van der Waals surface area contributed by atoms with Crippen LogP contribution in [0.2, 0.25) is 0 Å². The number of aromatic nitrogens is 2. The Labute approximate surface area is 183 Å². The Morgan fingerprint density at radius 2 is 1.58 bits per heavy atom. The summed E-state index contributed by atoms with van der Waals surface area (Å²) >= 11 is 0. The lowest BCUT2D eigenvalue weighted by Gasteiger charge is -2.32. The van der Waals surface area contributed by atoms with Crippen LogP contribution in [0.3, 0.4) is 0 Å². The quantitative estimate of drug-likeness (QED) is 0.441. The third-order valence-corrected chi connectivity index (χ3v) is 7.57. The molecule has 3 aromatic rings. The molecule has 0 saturated carbocycles. The van der Waals surface area contributed by atoms with Crippen molar-refractivity contribution in [2.45, 2.75) is 83.8 Å². The molecule has 0 unspecified atom stereocenters. The van der Waals surface area contributed by atoms with Crippen LogP contribution in [0.25, 0.3) is 16.4 Å². The van der Waals surface area contributed by atoms with Gasteiger partial charge in [0.1, 0.15) is 5.65 Å². The second kappa shape index (κ2) is 5.99. The van der Waals surface area contributed by atoms with Crippen LogP contribution in [0.1, 0.15) is 73.1 Å². The van der Waals surface area contributed by atoms with E-state index >= 15 is 0 Å². The Bertz CT molecular complexity index is 1290. The van der Waals surface area contributed by atoms with Gasteiger partial charge in [0.15, 0.2) is 0 Å². The van der Waals surface area contributed by atoms with Crippen molar-refractivity contribution < 1.29 is 9.31 Å². The van der Waals surface area contributed by atoms with Gasteiger partial charge in [-0.3, -0.25) is 4.79 Å². The summed E-state index contributed by atoms with van der Waals surface area (Å²) in [5.74, 6) is 0. The number of rotatable bonds is 1. The fourth-order valence-corrected chi connectivity index (χ4v) is 5.62. The minimum absolute atomic E-state index is 0.0971. The van der Waals surface area contributed by atoms with E-state index in [0.29, 0.717) is 5.65 Å². The highest BCUT2D eigenvalue weighted by Gasteiger charge is 2.51. The molecule has 1 fully saturated rings. The number of fused-ring (bicyclic) bond motifs is 5. The van der Waals surface area contributed by atoms with Crippen molar-refractivity contribution in [2.24, 2.45) is 0 Å². The Hall–Kier alpha value is -2.18. The third-order valence-electron chi connectivity index (χ3n) is 7.57. The second-order valence-electron chi connectivity index (χ2n) is 11.5. The second-order valence-corrected chi connectivity index (χ2v) is 11.5. The lowest BCUT2D eigenvalue weighted by molar-refractivity contribution is 0.00578. The van der Waals surface area contributed by atoms with Crippen LogP contribution in [0, 0.1) is 0 Å². The van der Waals surface area contributed by atoms with E-state index in [0.717, 1.165) is 33.9 Å². The maximum absolute atomic E-state index is 13.1. The average Bonchev–Trinajstić information content (AvgIpc) is 2.98. The summed E-state index contributed by atoms with van der Waals surface area (Å²) in [6.07, 6.45) is 2.98. The van der Waals surface area contributed by atoms with Crippen molar-refractivity contribution in [3.05, 3.63) is 52.1 Å². The smallest absolute Gasteiger partial charge is 0.399 e. The molecule has 0 spiro atoms. The number of hydrogen-bond acceptors (Lipinski definition) is 4. The van der Waals surface area contributed by atoms with Crippen LogP contribution < -0.4 is 11.0 Å². The molecule has 6 heteroatoms. The molecule has 2 aliphatic rings. The van der Waals surface area contributed by atoms with E-state index in [9.17, 15) is 4.79 Å². The molecule has 0 atom stereocenters. The standard InChI is InChI=1S/C25H31BN2O3/c1-22(2)14-23(3,4)19-18(22)21(29)27-20-17-10-9-16(13-15(17)11-12-28(19)20)26-30-24(5,6)25(7,8)31-26/h9-13H,14H2,1-8H3. The zero-order valence-electron chi connectivity index (χ0n) is 19.8. The van der Waals surface area contributed by atoms with Crippen LogP contribution in [0.15, 0.2) is 35.3 Å². The van der Waals surface area contributed by atoms with Crippen LogP contribution in [0.4, 0.5) is 0 Å². The lowest BCUT2D eigenvalue weighted by atomic mass is 9.78. The first-order valence-electron chi connectivity index (χ1n) is 11.1. The molecule has 162 valence electrons. The normalized spacial score (nSPS) is 22.9. The Kier molecular flexibility index (Phi) is 4.00. The molecular weight excluding hydrogens is 387 g/mol. The Balaban J connectivity index is 1.70. The van der Waals surface area contributed by atoms with E-state index < -0.39 is 7.12 Å². The van der Waals surface area contributed by atoms with Gasteiger partial charge in [-0.1, -0.05) is 45.9 Å². The minimum Gasteiger partial charge on any atom is -0.399 e. The summed E-state index contributed by atoms with van der Waals surface area (Å²) in [6.45, 7) is 17.0. The van der Waals surface area contributed by atoms with Crippen molar-refractivity contribution in [3.8, 4) is 0 Å². The van der Waals surface area contributed by atoms with Crippen LogP contribution in [0.5, 0.6) is 0 Å². The van der Waals surface area contributed by atoms with Crippen LogP contribution >= 0.6 is 0 Å². The van der Waals surface area contributed by atoms with Gasteiger partial charge in [-0.2, -0.15) is 4.98 Å². The molecule has 31 heavy (non-hydrogen) atoms. The SMILES string of the molecule is CC1(C)CC(C)(C)c2c1c(=O)nc1c3ccc(B4OC(C)(C)C(C)(C)O4)cc3ccn21. The summed E-state index contributed by atoms with van der Waals surface area (Å²) in [5.41, 5.74) is 2.47. The van der Waals surface area contributed by atoms with Gasteiger partial charge in [-0.15, -0.1) is 0 Å². The highest BCUT2D eigenvalue weighted by atomic mass is 16.7. The molecule has 0 N–H and O–H groups in total. The molecule has 1 saturated heterocycles. The van der Waals surface area contributed by atoms with E-state index in [1.54, 1.807) is 0 Å². The third kappa shape index (κ3) is 2.84. The molecule has 1 aliphatic carbocycles. The highest BCUT2D eigenvalue weighted by molar-refractivity contribution is 6.62. The van der Waals surface area contributed by atoms with E-state index in [4.69, 9.17) is 9.31 Å². The van der Waals surface area contributed by atoms with Crippen molar-refractivity contribution in [1.29, 1.82) is 0 Å². The van der Waals surface area contributed by atoms with Crippen molar-refractivity contribution in [3.63, 3.8) is 0 Å². The van der Waals surface area contributed by atoms with Crippen LogP contribution in [-0.2, 0) is 20.1 Å². The minimum atomic E-state index is -0.416. The van der Waals surface area contributed by atoms with Gasteiger partial charge in [0.05, 0.1) is 11.2 Å². The molecule has 1 aromatic carbocycles. The Morgan fingerprint density at radius 1 is 0.935 bits per heavy atom. The monoisotopic (exact) mass is 418 g/mol. The summed E-state index contributed by atoms with van der Waals surface area (Å²) < 4.78 is 14.6. The average molecular weight is 418 g/mol.